The molecule has 0 spiro atoms. The number of carbonyl (C=O) groups is 2. The molecule has 1 atom stereocenters. The van der Waals surface area contributed by atoms with Crippen LogP contribution < -0.4 is 10.6 Å². The molecular weight excluding hydrogens is 324 g/mol. The Balaban J connectivity index is 1.71. The first-order valence-electron chi connectivity index (χ1n) is 9.35. The Morgan fingerprint density at radius 3 is 2.31 bits per heavy atom. The number of amides is 2. The number of carbonyl (C=O) groups excluding carboxylic acids is 2. The van der Waals surface area contributed by atoms with Crippen LogP contribution in [0.25, 0.3) is 0 Å². The standard InChI is InChI=1S/C22H26N2O2/c25-20-13-7-8-15-22(24-20,17-19-11-5-2-6-12-19)21(26)23-16-14-18-9-3-1-4-10-18/h1-6,9-12H,7-8,13-17H2,(H,23,26)(H,24,25). The molecule has 136 valence electrons. The first-order chi connectivity index (χ1) is 12.7. The highest BCUT2D eigenvalue weighted by Crippen LogP contribution is 2.24. The summed E-state index contributed by atoms with van der Waals surface area (Å²) < 4.78 is 0. The molecule has 2 aromatic carbocycles. The van der Waals surface area contributed by atoms with Crippen LogP contribution in [-0.4, -0.2) is 23.9 Å². The summed E-state index contributed by atoms with van der Waals surface area (Å²) >= 11 is 0. The molecule has 1 fully saturated rings. The van der Waals surface area contributed by atoms with Crippen molar-refractivity contribution >= 4 is 11.8 Å². The fourth-order valence-electron chi connectivity index (χ4n) is 3.57. The van der Waals surface area contributed by atoms with Crippen LogP contribution >= 0.6 is 0 Å². The van der Waals surface area contributed by atoms with Crippen molar-refractivity contribution in [3.63, 3.8) is 0 Å². The van der Waals surface area contributed by atoms with Gasteiger partial charge < -0.3 is 10.6 Å². The van der Waals surface area contributed by atoms with Gasteiger partial charge in [0.25, 0.3) is 0 Å². The van der Waals surface area contributed by atoms with Gasteiger partial charge in [-0.25, -0.2) is 0 Å². The molecule has 0 saturated carbocycles. The van der Waals surface area contributed by atoms with E-state index in [1.165, 1.54) is 5.56 Å². The Kier molecular flexibility index (Phi) is 6.05. The summed E-state index contributed by atoms with van der Waals surface area (Å²) in [6.07, 6.45) is 4.18. The monoisotopic (exact) mass is 350 g/mol. The number of hydrogen-bond donors (Lipinski definition) is 2. The average molecular weight is 350 g/mol. The van der Waals surface area contributed by atoms with E-state index in [0.29, 0.717) is 25.8 Å². The highest BCUT2D eigenvalue weighted by atomic mass is 16.2. The first kappa shape index (κ1) is 18.2. The highest BCUT2D eigenvalue weighted by molar-refractivity contribution is 5.92. The van der Waals surface area contributed by atoms with Gasteiger partial charge in [0.05, 0.1) is 0 Å². The SMILES string of the molecule is O=C1CCCCC(Cc2ccccc2)(C(=O)NCCc2ccccc2)N1. The van der Waals surface area contributed by atoms with Crippen molar-refractivity contribution in [1.82, 2.24) is 10.6 Å². The molecule has 4 nitrogen and oxygen atoms in total. The van der Waals surface area contributed by atoms with Crippen molar-refractivity contribution in [2.45, 2.75) is 44.1 Å². The molecule has 1 aliphatic heterocycles. The molecule has 1 unspecified atom stereocenters. The largest absolute Gasteiger partial charge is 0.354 e. The molecule has 4 heteroatoms. The molecular formula is C22H26N2O2. The summed E-state index contributed by atoms with van der Waals surface area (Å²) in [7, 11) is 0. The maximum Gasteiger partial charge on any atom is 0.246 e. The molecule has 0 aromatic heterocycles. The fourth-order valence-corrected chi connectivity index (χ4v) is 3.57. The predicted molar refractivity (Wildman–Crippen MR) is 103 cm³/mol. The smallest absolute Gasteiger partial charge is 0.246 e. The normalized spacial score (nSPS) is 20.1. The molecule has 0 aliphatic carbocycles. The number of benzene rings is 2. The number of rotatable bonds is 6. The van der Waals surface area contributed by atoms with E-state index in [4.69, 9.17) is 0 Å². The van der Waals surface area contributed by atoms with Crippen molar-refractivity contribution in [2.24, 2.45) is 0 Å². The second-order valence-electron chi connectivity index (χ2n) is 6.99. The van der Waals surface area contributed by atoms with Gasteiger partial charge in [0.2, 0.25) is 11.8 Å². The van der Waals surface area contributed by atoms with E-state index in [1.54, 1.807) is 0 Å². The minimum absolute atomic E-state index is 0.0309. The van der Waals surface area contributed by atoms with E-state index in [0.717, 1.165) is 24.8 Å². The Morgan fingerprint density at radius 2 is 1.62 bits per heavy atom. The van der Waals surface area contributed by atoms with Gasteiger partial charge in [-0.05, 0) is 30.4 Å². The van der Waals surface area contributed by atoms with Gasteiger partial charge in [-0.3, -0.25) is 9.59 Å². The minimum Gasteiger partial charge on any atom is -0.354 e. The Hall–Kier alpha value is -2.62. The quantitative estimate of drug-likeness (QED) is 0.841. The van der Waals surface area contributed by atoms with Crippen LogP contribution in [0.15, 0.2) is 60.7 Å². The van der Waals surface area contributed by atoms with Crippen molar-refractivity contribution in [3.8, 4) is 0 Å². The zero-order chi connectivity index (χ0) is 18.2. The lowest BCUT2D eigenvalue weighted by atomic mass is 9.85. The summed E-state index contributed by atoms with van der Waals surface area (Å²) in [5.74, 6) is -0.107. The van der Waals surface area contributed by atoms with Gasteiger partial charge in [0.1, 0.15) is 5.54 Å². The van der Waals surface area contributed by atoms with Crippen LogP contribution in [0.1, 0.15) is 36.8 Å². The molecule has 0 bridgehead atoms. The van der Waals surface area contributed by atoms with Gasteiger partial charge in [0, 0.05) is 19.4 Å². The minimum atomic E-state index is -0.856. The fraction of sp³-hybridized carbons (Fsp3) is 0.364. The molecule has 2 aromatic rings. The number of nitrogens with one attached hydrogen (secondary N) is 2. The first-order valence-corrected chi connectivity index (χ1v) is 9.35. The van der Waals surface area contributed by atoms with E-state index in [-0.39, 0.29) is 11.8 Å². The molecule has 1 aliphatic rings. The van der Waals surface area contributed by atoms with E-state index in [2.05, 4.69) is 22.8 Å². The van der Waals surface area contributed by atoms with Crippen LogP contribution in [0, 0.1) is 0 Å². The van der Waals surface area contributed by atoms with Crippen molar-refractivity contribution in [2.75, 3.05) is 6.54 Å². The Morgan fingerprint density at radius 1 is 0.962 bits per heavy atom. The molecule has 1 heterocycles. The lowest BCUT2D eigenvalue weighted by Crippen LogP contribution is -2.59. The van der Waals surface area contributed by atoms with Gasteiger partial charge in [-0.15, -0.1) is 0 Å². The van der Waals surface area contributed by atoms with Crippen molar-refractivity contribution in [1.29, 1.82) is 0 Å². The summed E-state index contributed by atoms with van der Waals surface area (Å²) in [5, 5.41) is 6.09. The zero-order valence-corrected chi connectivity index (χ0v) is 15.0. The maximum absolute atomic E-state index is 13.1. The van der Waals surface area contributed by atoms with Crippen LogP contribution in [0.4, 0.5) is 0 Å². The summed E-state index contributed by atoms with van der Waals surface area (Å²) in [4.78, 5) is 25.3. The molecule has 26 heavy (non-hydrogen) atoms. The van der Waals surface area contributed by atoms with E-state index < -0.39 is 5.54 Å². The van der Waals surface area contributed by atoms with Crippen molar-refractivity contribution in [3.05, 3.63) is 71.8 Å². The lowest BCUT2D eigenvalue weighted by Gasteiger charge is -2.32. The van der Waals surface area contributed by atoms with Gasteiger partial charge in [-0.2, -0.15) is 0 Å². The molecule has 0 radical (unpaired) electrons. The number of hydrogen-bond acceptors (Lipinski definition) is 2. The van der Waals surface area contributed by atoms with Gasteiger partial charge in [0.15, 0.2) is 0 Å². The van der Waals surface area contributed by atoms with Crippen LogP contribution in [0.3, 0.4) is 0 Å². The second kappa shape index (κ2) is 8.65. The average Bonchev–Trinajstić information content (AvgIpc) is 2.85. The van der Waals surface area contributed by atoms with Crippen LogP contribution in [0.5, 0.6) is 0 Å². The zero-order valence-electron chi connectivity index (χ0n) is 15.0. The van der Waals surface area contributed by atoms with E-state index in [9.17, 15) is 9.59 Å². The topological polar surface area (TPSA) is 58.2 Å². The Bertz CT molecular complexity index is 730. The molecule has 3 rings (SSSR count). The summed E-state index contributed by atoms with van der Waals surface area (Å²) in [5.41, 5.74) is 1.40. The molecule has 1 saturated heterocycles. The Labute approximate surface area is 155 Å². The second-order valence-corrected chi connectivity index (χ2v) is 6.99. The third kappa shape index (κ3) is 4.72. The van der Waals surface area contributed by atoms with Crippen LogP contribution in [-0.2, 0) is 22.4 Å². The van der Waals surface area contributed by atoms with Gasteiger partial charge in [-0.1, -0.05) is 67.1 Å². The molecule has 2 amide bonds. The van der Waals surface area contributed by atoms with E-state index >= 15 is 0 Å². The summed E-state index contributed by atoms with van der Waals surface area (Å²) in [6, 6.07) is 20.0. The summed E-state index contributed by atoms with van der Waals surface area (Å²) in [6.45, 7) is 0.565. The molecule has 2 N–H and O–H groups in total. The third-order valence-electron chi connectivity index (χ3n) is 4.96. The third-order valence-corrected chi connectivity index (χ3v) is 4.96. The van der Waals surface area contributed by atoms with Gasteiger partial charge >= 0.3 is 0 Å². The van der Waals surface area contributed by atoms with Crippen molar-refractivity contribution < 1.29 is 9.59 Å². The van der Waals surface area contributed by atoms with E-state index in [1.807, 2.05) is 48.5 Å². The predicted octanol–water partition coefficient (Wildman–Crippen LogP) is 3.02. The maximum atomic E-state index is 13.1. The highest BCUT2D eigenvalue weighted by Gasteiger charge is 2.40. The lowest BCUT2D eigenvalue weighted by molar-refractivity contribution is -0.133. The van der Waals surface area contributed by atoms with Crippen LogP contribution in [0.2, 0.25) is 0 Å².